The lowest BCUT2D eigenvalue weighted by molar-refractivity contribution is 0.400. The van der Waals surface area contributed by atoms with E-state index in [1.54, 1.807) is 0 Å². The van der Waals surface area contributed by atoms with Gasteiger partial charge in [-0.3, -0.25) is 0 Å². The van der Waals surface area contributed by atoms with Gasteiger partial charge in [-0.1, -0.05) is 48.5 Å². The molecule has 0 saturated heterocycles. The molecular weight excluding hydrogens is 220 g/mol. The standard InChI is InChI=1S/C16H16N2/c1-3-7-15(8-4-1)13-17-11-12-18(14-17)16-9-5-2-6-10-16/h1-12H,13-14H2. The minimum absolute atomic E-state index is 0.916. The molecule has 18 heavy (non-hydrogen) atoms. The first-order chi connectivity index (χ1) is 8.92. The van der Waals surface area contributed by atoms with E-state index in [0.29, 0.717) is 0 Å². The third kappa shape index (κ3) is 2.38. The van der Waals surface area contributed by atoms with Crippen LogP contribution >= 0.6 is 0 Å². The Bertz CT molecular complexity index is 519. The molecule has 0 unspecified atom stereocenters. The smallest absolute Gasteiger partial charge is 0.0945 e. The van der Waals surface area contributed by atoms with E-state index < -0.39 is 0 Å². The van der Waals surface area contributed by atoms with Crippen molar-refractivity contribution in [2.24, 2.45) is 0 Å². The first kappa shape index (κ1) is 10.9. The summed E-state index contributed by atoms with van der Waals surface area (Å²) in [5.41, 5.74) is 2.58. The number of nitrogens with zero attached hydrogens (tertiary/aromatic N) is 2. The third-order valence-electron chi connectivity index (χ3n) is 3.11. The SMILES string of the molecule is C1=CN(c2ccccc2)CN1Cc1ccccc1. The molecule has 2 heteroatoms. The second-order valence-corrected chi connectivity index (χ2v) is 4.48. The van der Waals surface area contributed by atoms with E-state index in [2.05, 4.69) is 76.8 Å². The average molecular weight is 236 g/mol. The zero-order valence-electron chi connectivity index (χ0n) is 10.2. The van der Waals surface area contributed by atoms with Crippen LogP contribution in [0.2, 0.25) is 0 Å². The van der Waals surface area contributed by atoms with Gasteiger partial charge in [-0.05, 0) is 17.7 Å². The largest absolute Gasteiger partial charge is 0.354 e. The monoisotopic (exact) mass is 236 g/mol. The molecular formula is C16H16N2. The van der Waals surface area contributed by atoms with Gasteiger partial charge in [-0.2, -0.15) is 0 Å². The number of hydrogen-bond donors (Lipinski definition) is 0. The Morgan fingerprint density at radius 2 is 1.44 bits per heavy atom. The Kier molecular flexibility index (Phi) is 3.01. The molecule has 0 aliphatic carbocycles. The van der Waals surface area contributed by atoms with Crippen molar-refractivity contribution in [3.8, 4) is 0 Å². The van der Waals surface area contributed by atoms with Crippen molar-refractivity contribution in [2.45, 2.75) is 6.54 Å². The molecule has 0 amide bonds. The van der Waals surface area contributed by atoms with Crippen molar-refractivity contribution in [3.63, 3.8) is 0 Å². The summed E-state index contributed by atoms with van der Waals surface area (Å²) in [5, 5.41) is 0. The van der Waals surface area contributed by atoms with Crippen LogP contribution in [0.5, 0.6) is 0 Å². The fraction of sp³-hybridized carbons (Fsp3) is 0.125. The molecule has 0 spiro atoms. The van der Waals surface area contributed by atoms with Gasteiger partial charge in [0.1, 0.15) is 0 Å². The zero-order valence-corrected chi connectivity index (χ0v) is 10.2. The highest BCUT2D eigenvalue weighted by Gasteiger charge is 2.13. The van der Waals surface area contributed by atoms with Crippen molar-refractivity contribution in [1.82, 2.24) is 4.90 Å². The molecule has 0 N–H and O–H groups in total. The van der Waals surface area contributed by atoms with Gasteiger partial charge in [-0.25, -0.2) is 0 Å². The fourth-order valence-electron chi connectivity index (χ4n) is 2.17. The summed E-state index contributed by atoms with van der Waals surface area (Å²) in [6.45, 7) is 1.87. The van der Waals surface area contributed by atoms with Crippen LogP contribution in [0.15, 0.2) is 73.1 Å². The summed E-state index contributed by atoms with van der Waals surface area (Å²) in [4.78, 5) is 4.56. The van der Waals surface area contributed by atoms with E-state index in [1.807, 2.05) is 6.07 Å². The number of para-hydroxylation sites is 1. The second kappa shape index (κ2) is 4.96. The van der Waals surface area contributed by atoms with E-state index in [4.69, 9.17) is 0 Å². The maximum atomic E-state index is 2.31. The first-order valence-corrected chi connectivity index (χ1v) is 6.20. The third-order valence-corrected chi connectivity index (χ3v) is 3.11. The average Bonchev–Trinajstić information content (AvgIpc) is 2.89. The molecule has 0 radical (unpaired) electrons. The van der Waals surface area contributed by atoms with Crippen molar-refractivity contribution in [2.75, 3.05) is 11.6 Å². The van der Waals surface area contributed by atoms with Crippen LogP contribution in [-0.4, -0.2) is 11.6 Å². The topological polar surface area (TPSA) is 6.48 Å². The number of hydrogen-bond acceptors (Lipinski definition) is 2. The van der Waals surface area contributed by atoms with E-state index >= 15 is 0 Å². The maximum Gasteiger partial charge on any atom is 0.0945 e. The van der Waals surface area contributed by atoms with Crippen LogP contribution in [0.4, 0.5) is 5.69 Å². The number of rotatable bonds is 3. The van der Waals surface area contributed by atoms with Crippen LogP contribution in [0.25, 0.3) is 0 Å². The van der Waals surface area contributed by atoms with Gasteiger partial charge in [0.2, 0.25) is 0 Å². The summed E-state index contributed by atoms with van der Waals surface area (Å²) >= 11 is 0. The minimum Gasteiger partial charge on any atom is -0.354 e. The molecule has 2 aromatic rings. The van der Waals surface area contributed by atoms with E-state index in [1.165, 1.54) is 11.3 Å². The van der Waals surface area contributed by atoms with Crippen LogP contribution in [0.1, 0.15) is 5.56 Å². The Balaban J connectivity index is 1.65. The summed E-state index contributed by atoms with van der Waals surface area (Å²) < 4.78 is 0. The van der Waals surface area contributed by atoms with Crippen LogP contribution in [0, 0.1) is 0 Å². The molecule has 3 rings (SSSR count). The number of benzene rings is 2. The highest BCUT2D eigenvalue weighted by atomic mass is 15.3. The van der Waals surface area contributed by atoms with Gasteiger partial charge in [0, 0.05) is 24.6 Å². The first-order valence-electron chi connectivity index (χ1n) is 6.20. The quantitative estimate of drug-likeness (QED) is 0.805. The Hall–Kier alpha value is -2.22. The van der Waals surface area contributed by atoms with Gasteiger partial charge in [0.25, 0.3) is 0 Å². The van der Waals surface area contributed by atoms with Crippen molar-refractivity contribution >= 4 is 5.69 Å². The van der Waals surface area contributed by atoms with Crippen molar-refractivity contribution in [1.29, 1.82) is 0 Å². The molecule has 2 nitrogen and oxygen atoms in total. The summed E-state index contributed by atoms with van der Waals surface area (Å²) in [5.74, 6) is 0. The van der Waals surface area contributed by atoms with Gasteiger partial charge in [-0.15, -0.1) is 0 Å². The van der Waals surface area contributed by atoms with Gasteiger partial charge < -0.3 is 9.80 Å². The highest BCUT2D eigenvalue weighted by Crippen LogP contribution is 2.19. The minimum atomic E-state index is 0.916. The molecule has 0 fully saturated rings. The Labute approximate surface area is 108 Å². The molecule has 1 heterocycles. The summed E-state index contributed by atoms with van der Waals surface area (Å²) in [6.07, 6.45) is 4.29. The van der Waals surface area contributed by atoms with Gasteiger partial charge in [0.05, 0.1) is 6.67 Å². The highest BCUT2D eigenvalue weighted by molar-refractivity contribution is 5.49. The summed E-state index contributed by atoms with van der Waals surface area (Å²) in [7, 11) is 0. The van der Waals surface area contributed by atoms with E-state index in [-0.39, 0.29) is 0 Å². The van der Waals surface area contributed by atoms with Crippen LogP contribution in [0.3, 0.4) is 0 Å². The Morgan fingerprint density at radius 3 is 2.17 bits per heavy atom. The maximum absolute atomic E-state index is 2.31. The second-order valence-electron chi connectivity index (χ2n) is 4.48. The Morgan fingerprint density at radius 1 is 0.778 bits per heavy atom. The fourth-order valence-corrected chi connectivity index (χ4v) is 2.17. The molecule has 90 valence electrons. The van der Waals surface area contributed by atoms with Crippen LogP contribution in [-0.2, 0) is 6.54 Å². The molecule has 0 saturated carbocycles. The molecule has 2 aromatic carbocycles. The molecule has 1 aliphatic heterocycles. The normalized spacial score (nSPS) is 14.2. The van der Waals surface area contributed by atoms with E-state index in [0.717, 1.165) is 13.2 Å². The summed E-state index contributed by atoms with van der Waals surface area (Å²) in [6, 6.07) is 21.0. The molecule has 0 bridgehead atoms. The van der Waals surface area contributed by atoms with Crippen LogP contribution < -0.4 is 4.90 Å². The number of anilines is 1. The predicted octanol–water partition coefficient (Wildman–Crippen LogP) is 3.44. The van der Waals surface area contributed by atoms with Gasteiger partial charge >= 0.3 is 0 Å². The predicted molar refractivity (Wildman–Crippen MR) is 74.9 cm³/mol. The van der Waals surface area contributed by atoms with Crippen molar-refractivity contribution in [3.05, 3.63) is 78.6 Å². The van der Waals surface area contributed by atoms with E-state index in [9.17, 15) is 0 Å². The lowest BCUT2D eigenvalue weighted by Crippen LogP contribution is -2.24. The molecule has 0 aromatic heterocycles. The zero-order chi connectivity index (χ0) is 12.2. The molecule has 0 atom stereocenters. The lowest BCUT2D eigenvalue weighted by Gasteiger charge is -2.21. The lowest BCUT2D eigenvalue weighted by atomic mass is 10.2. The van der Waals surface area contributed by atoms with Crippen molar-refractivity contribution < 1.29 is 0 Å². The van der Waals surface area contributed by atoms with Gasteiger partial charge in [0.15, 0.2) is 0 Å². The molecule has 1 aliphatic rings.